The first-order chi connectivity index (χ1) is 15.2. The van der Waals surface area contributed by atoms with Gasteiger partial charge in [0.1, 0.15) is 17.2 Å². The number of hydrogen-bond acceptors (Lipinski definition) is 6. The second-order valence-electron chi connectivity index (χ2n) is 8.39. The van der Waals surface area contributed by atoms with Gasteiger partial charge in [0.2, 0.25) is 0 Å². The Morgan fingerprint density at radius 2 is 1.84 bits per heavy atom. The van der Waals surface area contributed by atoms with Crippen LogP contribution in [0.2, 0.25) is 0 Å². The van der Waals surface area contributed by atoms with E-state index in [1.165, 1.54) is 0 Å². The van der Waals surface area contributed by atoms with Gasteiger partial charge in [0, 0.05) is 44.1 Å². The Hall–Kier alpha value is -2.81. The Morgan fingerprint density at radius 3 is 2.44 bits per heavy atom. The number of amides is 2. The van der Waals surface area contributed by atoms with Gasteiger partial charge in [-0.25, -0.2) is 9.78 Å². The van der Waals surface area contributed by atoms with Gasteiger partial charge in [0.25, 0.3) is 5.91 Å². The molecule has 1 aromatic heterocycles. The molecule has 1 aromatic carbocycles. The van der Waals surface area contributed by atoms with E-state index in [4.69, 9.17) is 9.47 Å². The van der Waals surface area contributed by atoms with Crippen molar-refractivity contribution in [3.63, 3.8) is 0 Å². The third-order valence-corrected chi connectivity index (χ3v) is 5.41. The number of carbonyl (C=O) groups excluding carboxylic acids is 2. The number of piperazine rings is 1. The molecule has 1 aliphatic heterocycles. The van der Waals surface area contributed by atoms with Crippen molar-refractivity contribution in [3.8, 4) is 5.75 Å². The largest absolute Gasteiger partial charge is 0.493 e. The average Bonchev–Trinajstić information content (AvgIpc) is 2.75. The molecule has 32 heavy (non-hydrogen) atoms. The average molecular weight is 505 g/mol. The van der Waals surface area contributed by atoms with Gasteiger partial charge in [0.05, 0.1) is 16.6 Å². The molecule has 0 spiro atoms. The number of anilines is 2. The van der Waals surface area contributed by atoms with E-state index < -0.39 is 5.60 Å². The maximum absolute atomic E-state index is 12.6. The summed E-state index contributed by atoms with van der Waals surface area (Å²) in [7, 11) is 0. The van der Waals surface area contributed by atoms with E-state index in [-0.39, 0.29) is 12.0 Å². The lowest BCUT2D eigenvalue weighted by atomic mass is 10.2. The summed E-state index contributed by atoms with van der Waals surface area (Å²) in [6.07, 6.45) is 1.27. The third kappa shape index (κ3) is 6.35. The lowest BCUT2D eigenvalue weighted by Gasteiger charge is -2.36. The van der Waals surface area contributed by atoms with E-state index in [0.717, 1.165) is 10.3 Å². The smallest absolute Gasteiger partial charge is 0.410 e. The van der Waals surface area contributed by atoms with Crippen molar-refractivity contribution in [2.75, 3.05) is 43.0 Å². The maximum atomic E-state index is 12.6. The number of rotatable bonds is 5. The van der Waals surface area contributed by atoms with Crippen molar-refractivity contribution >= 4 is 39.4 Å². The van der Waals surface area contributed by atoms with E-state index in [1.807, 2.05) is 39.8 Å². The minimum atomic E-state index is -0.507. The molecule has 0 unspecified atom stereocenters. The van der Waals surface area contributed by atoms with Crippen LogP contribution in [0.3, 0.4) is 0 Å². The second kappa shape index (κ2) is 10.2. The van der Waals surface area contributed by atoms with Crippen LogP contribution in [0.15, 0.2) is 41.0 Å². The lowest BCUT2D eigenvalue weighted by molar-refractivity contribution is 0.0240. The molecule has 0 saturated carbocycles. The normalized spacial score (nSPS) is 14.2. The van der Waals surface area contributed by atoms with E-state index in [1.54, 1.807) is 29.3 Å². The Balaban J connectivity index is 1.57. The summed E-state index contributed by atoms with van der Waals surface area (Å²) >= 11 is 3.43. The summed E-state index contributed by atoms with van der Waals surface area (Å²) in [4.78, 5) is 33.1. The van der Waals surface area contributed by atoms with E-state index in [9.17, 15) is 9.59 Å². The van der Waals surface area contributed by atoms with Crippen LogP contribution >= 0.6 is 15.9 Å². The van der Waals surface area contributed by atoms with Gasteiger partial charge >= 0.3 is 6.09 Å². The van der Waals surface area contributed by atoms with Crippen LogP contribution < -0.4 is 15.0 Å². The monoisotopic (exact) mass is 504 g/mol. The van der Waals surface area contributed by atoms with Gasteiger partial charge < -0.3 is 24.6 Å². The number of benzene rings is 1. The lowest BCUT2D eigenvalue weighted by Crippen LogP contribution is -2.50. The van der Waals surface area contributed by atoms with Crippen LogP contribution in [0, 0.1) is 0 Å². The molecule has 3 rings (SSSR count). The summed E-state index contributed by atoms with van der Waals surface area (Å²) in [6, 6.07) is 8.98. The quantitative estimate of drug-likeness (QED) is 0.642. The van der Waals surface area contributed by atoms with Crippen LogP contribution in [0.25, 0.3) is 0 Å². The molecule has 1 N–H and O–H groups in total. The summed E-state index contributed by atoms with van der Waals surface area (Å²) in [5.41, 5.74) is 0.596. The third-order valence-electron chi connectivity index (χ3n) is 4.75. The molecule has 2 amide bonds. The minimum absolute atomic E-state index is 0.247. The Bertz CT molecular complexity index is 951. The molecule has 1 aliphatic rings. The Labute approximate surface area is 197 Å². The number of carbonyl (C=O) groups is 2. The molecule has 8 nitrogen and oxygen atoms in total. The highest BCUT2D eigenvalue weighted by Gasteiger charge is 2.26. The van der Waals surface area contributed by atoms with Crippen molar-refractivity contribution in [3.05, 3.63) is 46.6 Å². The highest BCUT2D eigenvalue weighted by atomic mass is 79.9. The van der Waals surface area contributed by atoms with Gasteiger partial charge in [-0.15, -0.1) is 0 Å². The molecule has 0 bridgehead atoms. The molecule has 0 atom stereocenters. The van der Waals surface area contributed by atoms with E-state index >= 15 is 0 Å². The zero-order valence-corrected chi connectivity index (χ0v) is 20.4. The highest BCUT2D eigenvalue weighted by Crippen LogP contribution is 2.28. The molecule has 2 aromatic rings. The zero-order chi connectivity index (χ0) is 23.3. The standard InChI is InChI=1S/C23H29BrN4O4/c1-5-31-19-14-17(7-8-18(19)24)26-21(29)16-6-9-20(25-15-16)27-10-12-28(13-11-27)22(30)32-23(2,3)4/h6-9,14-15H,5,10-13H2,1-4H3,(H,26,29). The van der Waals surface area contributed by atoms with Gasteiger partial charge in [-0.1, -0.05) is 0 Å². The molecule has 1 saturated heterocycles. The highest BCUT2D eigenvalue weighted by molar-refractivity contribution is 9.10. The molecule has 0 aliphatic carbocycles. The molecule has 1 fully saturated rings. The van der Waals surface area contributed by atoms with Crippen molar-refractivity contribution in [1.29, 1.82) is 0 Å². The fourth-order valence-corrected chi connectivity index (χ4v) is 3.56. The number of pyridine rings is 1. The zero-order valence-electron chi connectivity index (χ0n) is 18.9. The van der Waals surface area contributed by atoms with Crippen LogP contribution in [-0.2, 0) is 4.74 Å². The molecule has 9 heteroatoms. The topological polar surface area (TPSA) is 84.0 Å². The van der Waals surface area contributed by atoms with Crippen molar-refractivity contribution in [2.24, 2.45) is 0 Å². The summed E-state index contributed by atoms with van der Waals surface area (Å²) < 4.78 is 11.8. The molecule has 172 valence electrons. The second-order valence-corrected chi connectivity index (χ2v) is 9.25. The number of halogens is 1. The Kier molecular flexibility index (Phi) is 7.60. The van der Waals surface area contributed by atoms with Crippen molar-refractivity contribution in [1.82, 2.24) is 9.88 Å². The summed E-state index contributed by atoms with van der Waals surface area (Å²) in [5.74, 6) is 1.19. The number of nitrogens with one attached hydrogen (secondary N) is 1. The SMILES string of the molecule is CCOc1cc(NC(=O)c2ccc(N3CCN(C(=O)OC(C)(C)C)CC3)nc2)ccc1Br. The summed E-state index contributed by atoms with van der Waals surface area (Å²) in [6.45, 7) is 10.4. The van der Waals surface area contributed by atoms with Gasteiger partial charge in [0.15, 0.2) is 0 Å². The van der Waals surface area contributed by atoms with Crippen LogP contribution in [0.1, 0.15) is 38.1 Å². The minimum Gasteiger partial charge on any atom is -0.493 e. The van der Waals surface area contributed by atoms with Crippen LogP contribution in [0.5, 0.6) is 5.75 Å². The summed E-state index contributed by atoms with van der Waals surface area (Å²) in [5, 5.41) is 2.87. The fourth-order valence-electron chi connectivity index (χ4n) is 3.20. The molecule has 0 radical (unpaired) electrons. The van der Waals surface area contributed by atoms with Crippen molar-refractivity contribution < 1.29 is 19.1 Å². The first kappa shape index (κ1) is 23.8. The van der Waals surface area contributed by atoms with E-state index in [0.29, 0.717) is 49.8 Å². The van der Waals surface area contributed by atoms with Crippen molar-refractivity contribution in [2.45, 2.75) is 33.3 Å². The van der Waals surface area contributed by atoms with E-state index in [2.05, 4.69) is 31.1 Å². The van der Waals surface area contributed by atoms with Gasteiger partial charge in [-0.3, -0.25) is 4.79 Å². The number of ether oxygens (including phenoxy) is 2. The first-order valence-corrected chi connectivity index (χ1v) is 11.4. The molecular weight excluding hydrogens is 476 g/mol. The molecule has 2 heterocycles. The Morgan fingerprint density at radius 1 is 1.12 bits per heavy atom. The predicted octanol–water partition coefficient (Wildman–Crippen LogP) is 4.55. The first-order valence-electron chi connectivity index (χ1n) is 10.6. The van der Waals surface area contributed by atoms with Gasteiger partial charge in [-0.2, -0.15) is 0 Å². The maximum Gasteiger partial charge on any atom is 0.410 e. The van der Waals surface area contributed by atoms with Gasteiger partial charge in [-0.05, 0) is 67.9 Å². The fraction of sp³-hybridized carbons (Fsp3) is 0.435. The number of nitrogens with zero attached hydrogens (tertiary/aromatic N) is 3. The molecular formula is C23H29BrN4O4. The number of aromatic nitrogens is 1. The number of hydrogen-bond donors (Lipinski definition) is 1. The van der Waals surface area contributed by atoms with Crippen LogP contribution in [0.4, 0.5) is 16.3 Å². The van der Waals surface area contributed by atoms with Crippen LogP contribution in [-0.4, -0.2) is 60.3 Å². The predicted molar refractivity (Wildman–Crippen MR) is 128 cm³/mol.